The van der Waals surface area contributed by atoms with Gasteiger partial charge in [0.1, 0.15) is 17.5 Å². The van der Waals surface area contributed by atoms with Crippen molar-refractivity contribution < 1.29 is 14.3 Å². The Labute approximate surface area is 168 Å². The lowest BCUT2D eigenvalue weighted by Crippen LogP contribution is -2.07. The zero-order valence-electron chi connectivity index (χ0n) is 15.6. The van der Waals surface area contributed by atoms with Crippen LogP contribution in [-0.2, 0) is 17.8 Å². The number of hydrogen-bond donors (Lipinski definition) is 1. The number of nitrogens with two attached hydrogens (primary N) is 1. The van der Waals surface area contributed by atoms with Crippen LogP contribution >= 0.6 is 11.6 Å². The average Bonchev–Trinajstić information content (AvgIpc) is 2.69. The molecule has 0 radical (unpaired) electrons. The van der Waals surface area contributed by atoms with Crippen molar-refractivity contribution in [2.45, 2.75) is 20.0 Å². The van der Waals surface area contributed by atoms with Crippen LogP contribution < -0.4 is 10.5 Å². The third kappa shape index (κ3) is 4.58. The number of halogens is 1. The molecule has 0 amide bonds. The molecule has 144 valence electrons. The van der Waals surface area contributed by atoms with Crippen LogP contribution in [-0.4, -0.2) is 23.0 Å². The van der Waals surface area contributed by atoms with Gasteiger partial charge in [-0.1, -0.05) is 48.0 Å². The Morgan fingerprint density at radius 2 is 1.89 bits per heavy atom. The van der Waals surface area contributed by atoms with Crippen LogP contribution in [0.15, 0.2) is 48.5 Å². The predicted octanol–water partition coefficient (Wildman–Crippen LogP) is 3.98. The molecule has 0 atom stereocenters. The number of carbonyl (C=O) groups is 1. The molecule has 28 heavy (non-hydrogen) atoms. The number of anilines is 1. The number of carbonyl (C=O) groups excluding carboxylic acids is 1. The van der Waals surface area contributed by atoms with Crippen LogP contribution in [0.5, 0.6) is 5.75 Å². The first-order valence-corrected chi connectivity index (χ1v) is 9.02. The Bertz CT molecular complexity index is 970. The predicted molar refractivity (Wildman–Crippen MR) is 108 cm³/mol. The summed E-state index contributed by atoms with van der Waals surface area (Å²) in [4.78, 5) is 20.1. The van der Waals surface area contributed by atoms with Crippen LogP contribution in [0.1, 0.15) is 32.7 Å². The minimum atomic E-state index is -0.429. The number of methoxy groups -OCH3 is 1. The number of nitrogens with zero attached hydrogens (tertiary/aromatic N) is 2. The van der Waals surface area contributed by atoms with Gasteiger partial charge in [-0.2, -0.15) is 0 Å². The summed E-state index contributed by atoms with van der Waals surface area (Å²) in [6, 6.07) is 15.0. The fourth-order valence-corrected chi connectivity index (χ4v) is 3.08. The molecule has 0 aliphatic carbocycles. The van der Waals surface area contributed by atoms with Gasteiger partial charge < -0.3 is 15.2 Å². The molecule has 0 aliphatic heterocycles. The molecule has 6 nitrogen and oxygen atoms in total. The molecule has 0 saturated carbocycles. The number of nitrogen functional groups attached to an aromatic ring is 1. The number of ether oxygens (including phenoxy) is 2. The van der Waals surface area contributed by atoms with Crippen LogP contribution in [0.3, 0.4) is 0 Å². The number of benzene rings is 2. The number of esters is 1. The van der Waals surface area contributed by atoms with E-state index < -0.39 is 5.97 Å². The van der Waals surface area contributed by atoms with Crippen molar-refractivity contribution >= 4 is 23.5 Å². The fourth-order valence-electron chi connectivity index (χ4n) is 2.79. The second kappa shape index (κ2) is 8.71. The topological polar surface area (TPSA) is 87.3 Å². The van der Waals surface area contributed by atoms with Gasteiger partial charge in [0.2, 0.25) is 5.95 Å². The minimum Gasteiger partial charge on any atom is -0.489 e. The zero-order valence-corrected chi connectivity index (χ0v) is 16.4. The summed E-state index contributed by atoms with van der Waals surface area (Å²) in [5, 5.41) is 0.302. The highest BCUT2D eigenvalue weighted by Crippen LogP contribution is 2.28. The Morgan fingerprint density at radius 1 is 1.14 bits per heavy atom. The van der Waals surface area contributed by atoms with E-state index in [1.807, 2.05) is 43.3 Å². The summed E-state index contributed by atoms with van der Waals surface area (Å²) in [6.07, 6.45) is 0.441. The highest BCUT2D eigenvalue weighted by atomic mass is 35.5. The van der Waals surface area contributed by atoms with Gasteiger partial charge in [0.05, 0.1) is 12.7 Å². The highest BCUT2D eigenvalue weighted by Gasteiger charge is 2.15. The average molecular weight is 398 g/mol. The van der Waals surface area contributed by atoms with Crippen LogP contribution in [0.25, 0.3) is 0 Å². The maximum absolute atomic E-state index is 11.9. The first kappa shape index (κ1) is 19.6. The Morgan fingerprint density at radius 3 is 2.57 bits per heavy atom. The van der Waals surface area contributed by atoms with E-state index >= 15 is 0 Å². The molecule has 0 unspecified atom stereocenters. The third-order valence-electron chi connectivity index (χ3n) is 4.27. The van der Waals surface area contributed by atoms with Crippen molar-refractivity contribution in [2.75, 3.05) is 12.8 Å². The molecule has 3 rings (SSSR count). The maximum Gasteiger partial charge on any atom is 0.337 e. The molecule has 7 heteroatoms. The first-order valence-electron chi connectivity index (χ1n) is 8.64. The van der Waals surface area contributed by atoms with Gasteiger partial charge in [0.25, 0.3) is 0 Å². The largest absolute Gasteiger partial charge is 0.489 e. The molecule has 0 aliphatic rings. The van der Waals surface area contributed by atoms with E-state index in [0.29, 0.717) is 35.2 Å². The van der Waals surface area contributed by atoms with Gasteiger partial charge in [-0.15, -0.1) is 0 Å². The van der Waals surface area contributed by atoms with E-state index in [-0.39, 0.29) is 5.95 Å². The summed E-state index contributed by atoms with van der Waals surface area (Å²) < 4.78 is 10.8. The van der Waals surface area contributed by atoms with Gasteiger partial charge in [-0.3, -0.25) is 0 Å². The van der Waals surface area contributed by atoms with E-state index in [4.69, 9.17) is 26.8 Å². The second-order valence-corrected chi connectivity index (χ2v) is 6.56. The Hall–Kier alpha value is -3.12. The van der Waals surface area contributed by atoms with Crippen LogP contribution in [0.2, 0.25) is 5.15 Å². The molecule has 0 saturated heterocycles. The molecule has 2 N–H and O–H groups in total. The van der Waals surface area contributed by atoms with E-state index in [2.05, 4.69) is 9.97 Å². The summed E-state index contributed by atoms with van der Waals surface area (Å²) in [6.45, 7) is 2.19. The summed E-state index contributed by atoms with van der Waals surface area (Å²) in [7, 11) is 1.34. The molecule has 2 aromatic carbocycles. The molecule has 0 spiro atoms. The Kier molecular flexibility index (Phi) is 6.11. The summed E-state index contributed by atoms with van der Waals surface area (Å²) in [5.74, 6) is 0.271. The lowest BCUT2D eigenvalue weighted by atomic mass is 10.0. The van der Waals surface area contributed by atoms with Crippen LogP contribution in [0, 0.1) is 6.92 Å². The molecular weight excluding hydrogens is 378 g/mol. The van der Waals surface area contributed by atoms with Crippen molar-refractivity contribution in [1.82, 2.24) is 9.97 Å². The Balaban J connectivity index is 1.94. The third-order valence-corrected chi connectivity index (χ3v) is 4.59. The van der Waals surface area contributed by atoms with Crippen molar-refractivity contribution in [1.29, 1.82) is 0 Å². The lowest BCUT2D eigenvalue weighted by molar-refractivity contribution is 0.0600. The van der Waals surface area contributed by atoms with Gasteiger partial charge in [0.15, 0.2) is 0 Å². The van der Waals surface area contributed by atoms with Crippen LogP contribution in [0.4, 0.5) is 5.95 Å². The molecule has 1 aromatic heterocycles. The lowest BCUT2D eigenvalue weighted by Gasteiger charge is -2.15. The summed E-state index contributed by atoms with van der Waals surface area (Å²) in [5.41, 5.74) is 9.38. The first-order chi connectivity index (χ1) is 13.5. The quantitative estimate of drug-likeness (QED) is 0.500. The van der Waals surface area contributed by atoms with E-state index in [1.165, 1.54) is 7.11 Å². The van der Waals surface area contributed by atoms with Crippen molar-refractivity contribution in [3.8, 4) is 5.75 Å². The molecule has 0 bridgehead atoms. The van der Waals surface area contributed by atoms with Crippen molar-refractivity contribution in [3.63, 3.8) is 0 Å². The van der Waals surface area contributed by atoms with Crippen molar-refractivity contribution in [2.24, 2.45) is 0 Å². The number of rotatable bonds is 6. The highest BCUT2D eigenvalue weighted by molar-refractivity contribution is 6.30. The second-order valence-electron chi connectivity index (χ2n) is 6.20. The van der Waals surface area contributed by atoms with E-state index in [9.17, 15) is 4.79 Å². The molecule has 1 heterocycles. The standard InChI is InChI=1S/C21H20ClN3O3/c1-13-17(19(22)25-21(23)24-13)10-15-8-9-16(20(26)27-2)11-18(15)28-12-14-6-4-3-5-7-14/h3-9,11H,10,12H2,1-2H3,(H2,23,24,25). The van der Waals surface area contributed by atoms with Gasteiger partial charge in [0, 0.05) is 17.7 Å². The molecule has 0 fully saturated rings. The number of aromatic nitrogens is 2. The fraction of sp³-hybridized carbons (Fsp3) is 0.190. The van der Waals surface area contributed by atoms with Gasteiger partial charge in [-0.05, 0) is 30.2 Å². The monoisotopic (exact) mass is 397 g/mol. The van der Waals surface area contributed by atoms with E-state index in [0.717, 1.165) is 16.7 Å². The van der Waals surface area contributed by atoms with Gasteiger partial charge >= 0.3 is 5.97 Å². The van der Waals surface area contributed by atoms with Crippen molar-refractivity contribution in [3.05, 3.63) is 81.6 Å². The normalized spacial score (nSPS) is 10.5. The SMILES string of the molecule is COC(=O)c1ccc(Cc2c(C)nc(N)nc2Cl)c(OCc2ccccc2)c1. The molecule has 3 aromatic rings. The number of aryl methyl sites for hydroxylation is 1. The number of hydrogen-bond acceptors (Lipinski definition) is 6. The summed E-state index contributed by atoms with van der Waals surface area (Å²) >= 11 is 6.27. The molecular formula is C21H20ClN3O3. The minimum absolute atomic E-state index is 0.132. The maximum atomic E-state index is 11.9. The van der Waals surface area contributed by atoms with Gasteiger partial charge in [-0.25, -0.2) is 14.8 Å². The van der Waals surface area contributed by atoms with E-state index in [1.54, 1.807) is 12.1 Å². The zero-order chi connectivity index (χ0) is 20.1. The smallest absolute Gasteiger partial charge is 0.337 e.